The summed E-state index contributed by atoms with van der Waals surface area (Å²) in [4.78, 5) is 18.5. The van der Waals surface area contributed by atoms with Crippen LogP contribution in [-0.4, -0.2) is 38.4 Å². The van der Waals surface area contributed by atoms with Crippen LogP contribution in [0.15, 0.2) is 57.2 Å². The summed E-state index contributed by atoms with van der Waals surface area (Å²) >= 11 is 2.79. The van der Waals surface area contributed by atoms with Crippen molar-refractivity contribution in [3.63, 3.8) is 0 Å². The summed E-state index contributed by atoms with van der Waals surface area (Å²) in [6, 6.07) is 11.9. The second kappa shape index (κ2) is 9.23. The van der Waals surface area contributed by atoms with Gasteiger partial charge in [-0.2, -0.15) is 4.99 Å². The van der Waals surface area contributed by atoms with Gasteiger partial charge in [0.2, 0.25) is 10.0 Å². The van der Waals surface area contributed by atoms with Gasteiger partial charge in [-0.1, -0.05) is 17.4 Å². The third-order valence-electron chi connectivity index (χ3n) is 4.16. The number of fused-ring (bicyclic) bond motifs is 1. The average Bonchev–Trinajstić information content (AvgIpc) is 3.04. The van der Waals surface area contributed by atoms with E-state index in [0.29, 0.717) is 34.8 Å². The van der Waals surface area contributed by atoms with Crippen molar-refractivity contribution in [1.29, 1.82) is 0 Å². The molecule has 2 aromatic carbocycles. The summed E-state index contributed by atoms with van der Waals surface area (Å²) in [5.74, 6) is -0.357. The number of hydrogen-bond acceptors (Lipinski definition) is 6. The van der Waals surface area contributed by atoms with Crippen LogP contribution in [0, 0.1) is 0 Å². The highest BCUT2D eigenvalue weighted by Crippen LogP contribution is 2.22. The highest BCUT2D eigenvalue weighted by molar-refractivity contribution is 7.98. The number of carbonyl (C=O) groups excluding carboxylic acids is 1. The Morgan fingerprint density at radius 2 is 2.07 bits per heavy atom. The van der Waals surface area contributed by atoms with Crippen molar-refractivity contribution in [2.45, 2.75) is 23.3 Å². The van der Waals surface area contributed by atoms with Gasteiger partial charge in [-0.05, 0) is 49.6 Å². The van der Waals surface area contributed by atoms with Crippen molar-refractivity contribution in [3.05, 3.63) is 52.8 Å². The SMILES string of the molecule is CCOCCn1c(=NC(=O)c2cccc(SC)c2)sc2cc(S(N)(=O)=O)ccc21. The van der Waals surface area contributed by atoms with Crippen molar-refractivity contribution < 1.29 is 17.9 Å². The number of thioether (sulfide) groups is 1. The minimum Gasteiger partial charge on any atom is -0.380 e. The first kappa shape index (κ1) is 21.7. The monoisotopic (exact) mass is 451 g/mol. The van der Waals surface area contributed by atoms with Crippen LogP contribution in [-0.2, 0) is 21.3 Å². The predicted octanol–water partition coefficient (Wildman–Crippen LogP) is 2.85. The first-order valence-corrected chi connectivity index (χ1v) is 12.4. The van der Waals surface area contributed by atoms with E-state index >= 15 is 0 Å². The van der Waals surface area contributed by atoms with Gasteiger partial charge in [0.1, 0.15) is 0 Å². The number of aromatic nitrogens is 1. The lowest BCUT2D eigenvalue weighted by Gasteiger charge is -2.06. The molecule has 0 aliphatic carbocycles. The topological polar surface area (TPSA) is 104 Å². The zero-order valence-corrected chi connectivity index (χ0v) is 18.4. The number of hydrogen-bond donors (Lipinski definition) is 1. The maximum Gasteiger partial charge on any atom is 0.279 e. The molecule has 3 aromatic rings. The van der Waals surface area contributed by atoms with Gasteiger partial charge in [0, 0.05) is 23.6 Å². The molecule has 0 saturated carbocycles. The normalized spacial score (nSPS) is 12.6. The van der Waals surface area contributed by atoms with E-state index in [4.69, 9.17) is 9.88 Å². The van der Waals surface area contributed by atoms with Crippen LogP contribution >= 0.6 is 23.1 Å². The summed E-state index contributed by atoms with van der Waals surface area (Å²) in [7, 11) is -3.82. The van der Waals surface area contributed by atoms with E-state index in [2.05, 4.69) is 4.99 Å². The molecule has 1 aromatic heterocycles. The quantitative estimate of drug-likeness (QED) is 0.439. The van der Waals surface area contributed by atoms with Crippen molar-refractivity contribution in [2.75, 3.05) is 19.5 Å². The van der Waals surface area contributed by atoms with Crippen LogP contribution < -0.4 is 9.94 Å². The van der Waals surface area contributed by atoms with Crippen LogP contribution in [0.25, 0.3) is 10.2 Å². The van der Waals surface area contributed by atoms with Gasteiger partial charge in [-0.3, -0.25) is 4.79 Å². The first-order valence-electron chi connectivity index (χ1n) is 8.80. The number of ether oxygens (including phenoxy) is 1. The number of amides is 1. The highest BCUT2D eigenvalue weighted by atomic mass is 32.2. The molecule has 7 nitrogen and oxygen atoms in total. The van der Waals surface area contributed by atoms with Gasteiger partial charge in [0.05, 0.1) is 21.7 Å². The van der Waals surface area contributed by atoms with E-state index in [-0.39, 0.29) is 10.8 Å². The largest absolute Gasteiger partial charge is 0.380 e. The fourth-order valence-corrected chi connectivity index (χ4v) is 4.91. The minimum atomic E-state index is -3.82. The summed E-state index contributed by atoms with van der Waals surface area (Å²) in [5, 5.41) is 5.25. The van der Waals surface area contributed by atoms with E-state index < -0.39 is 10.0 Å². The molecular weight excluding hydrogens is 430 g/mol. The number of primary sulfonamides is 1. The highest BCUT2D eigenvalue weighted by Gasteiger charge is 2.14. The van der Waals surface area contributed by atoms with Crippen molar-refractivity contribution in [1.82, 2.24) is 4.57 Å². The molecule has 0 fully saturated rings. The molecule has 0 bridgehead atoms. The van der Waals surface area contributed by atoms with Crippen LogP contribution in [0.4, 0.5) is 0 Å². The van der Waals surface area contributed by atoms with Gasteiger partial charge in [0.15, 0.2) is 4.80 Å². The van der Waals surface area contributed by atoms with Gasteiger partial charge >= 0.3 is 0 Å². The summed E-state index contributed by atoms with van der Waals surface area (Å²) in [5.41, 5.74) is 1.27. The second-order valence-electron chi connectivity index (χ2n) is 6.06. The minimum absolute atomic E-state index is 0.0220. The van der Waals surface area contributed by atoms with Crippen LogP contribution in [0.1, 0.15) is 17.3 Å². The Hall–Kier alpha value is -1.98. The third-order valence-corrected chi connectivity index (χ3v) is 6.84. The van der Waals surface area contributed by atoms with Crippen LogP contribution in [0.5, 0.6) is 0 Å². The molecule has 29 heavy (non-hydrogen) atoms. The molecule has 1 heterocycles. The lowest BCUT2D eigenvalue weighted by molar-refractivity contribution is 0.0996. The fourth-order valence-electron chi connectivity index (χ4n) is 2.74. The number of rotatable bonds is 7. The van der Waals surface area contributed by atoms with Crippen LogP contribution in [0.3, 0.4) is 0 Å². The van der Waals surface area contributed by atoms with Gasteiger partial charge in [0.25, 0.3) is 5.91 Å². The zero-order valence-electron chi connectivity index (χ0n) is 16.0. The number of benzene rings is 2. The number of nitrogens with two attached hydrogens (primary N) is 1. The Labute approximate surface area is 177 Å². The molecule has 0 aliphatic heterocycles. The van der Waals surface area contributed by atoms with E-state index in [0.717, 1.165) is 10.4 Å². The predicted molar refractivity (Wildman–Crippen MR) is 116 cm³/mol. The molecule has 3 rings (SSSR count). The summed E-state index contributed by atoms with van der Waals surface area (Å²) < 4.78 is 31.3. The number of sulfonamides is 1. The molecule has 0 aliphatic rings. The summed E-state index contributed by atoms with van der Waals surface area (Å²) in [6.45, 7) is 3.41. The van der Waals surface area contributed by atoms with Gasteiger partial charge < -0.3 is 9.30 Å². The molecule has 0 atom stereocenters. The van der Waals surface area contributed by atoms with Crippen molar-refractivity contribution in [2.24, 2.45) is 10.1 Å². The third kappa shape index (κ3) is 5.14. The molecule has 0 unspecified atom stereocenters. The maximum atomic E-state index is 12.7. The first-order chi connectivity index (χ1) is 13.8. The molecule has 10 heteroatoms. The van der Waals surface area contributed by atoms with Crippen molar-refractivity contribution in [3.8, 4) is 0 Å². The molecule has 0 spiro atoms. The summed E-state index contributed by atoms with van der Waals surface area (Å²) in [6.07, 6.45) is 1.94. The molecule has 1 amide bonds. The molecule has 2 N–H and O–H groups in total. The Morgan fingerprint density at radius 1 is 1.28 bits per heavy atom. The Balaban J connectivity index is 2.11. The van der Waals surface area contributed by atoms with Crippen molar-refractivity contribution >= 4 is 49.2 Å². The zero-order chi connectivity index (χ0) is 21.0. The lowest BCUT2D eigenvalue weighted by atomic mass is 10.2. The fraction of sp³-hybridized carbons (Fsp3) is 0.263. The number of nitrogens with zero attached hydrogens (tertiary/aromatic N) is 2. The van der Waals surface area contributed by atoms with E-state index in [1.807, 2.05) is 29.9 Å². The molecule has 154 valence electrons. The number of carbonyl (C=O) groups is 1. The number of thiazole rings is 1. The molecule has 0 radical (unpaired) electrons. The Bertz CT molecular complexity index is 1210. The lowest BCUT2D eigenvalue weighted by Crippen LogP contribution is -2.19. The van der Waals surface area contributed by atoms with E-state index in [1.165, 1.54) is 23.5 Å². The molecular formula is C19H21N3O4S3. The van der Waals surface area contributed by atoms with E-state index in [9.17, 15) is 13.2 Å². The smallest absolute Gasteiger partial charge is 0.279 e. The van der Waals surface area contributed by atoms with Crippen LogP contribution in [0.2, 0.25) is 0 Å². The average molecular weight is 452 g/mol. The maximum absolute atomic E-state index is 12.7. The Kier molecular flexibility index (Phi) is 6.91. The standard InChI is InChI=1S/C19H21N3O4S3/c1-3-26-10-9-22-16-8-7-15(29(20,24)25)12-17(16)28-19(22)21-18(23)13-5-4-6-14(11-13)27-2/h4-8,11-12H,3,9-10H2,1-2H3,(H2,20,24,25). The van der Waals surface area contributed by atoms with Gasteiger partial charge in [-0.25, -0.2) is 13.6 Å². The Morgan fingerprint density at radius 3 is 2.76 bits per heavy atom. The van der Waals surface area contributed by atoms with Gasteiger partial charge in [-0.15, -0.1) is 11.8 Å². The molecule has 0 saturated heterocycles. The second-order valence-corrected chi connectivity index (χ2v) is 9.51. The van der Waals surface area contributed by atoms with E-state index in [1.54, 1.807) is 30.0 Å².